The van der Waals surface area contributed by atoms with Crippen molar-refractivity contribution >= 4 is 80.0 Å². The number of nitrogens with one attached hydrogen (secondary N) is 2. The molecule has 28 heteroatoms. The van der Waals surface area contributed by atoms with Gasteiger partial charge in [0.1, 0.15) is 16.2 Å². The van der Waals surface area contributed by atoms with Gasteiger partial charge in [0, 0.05) is 48.2 Å². The quantitative estimate of drug-likeness (QED) is 0.0648. The van der Waals surface area contributed by atoms with Crippen LogP contribution in [0.3, 0.4) is 0 Å². The van der Waals surface area contributed by atoms with Crippen LogP contribution in [0.2, 0.25) is 5.15 Å². The molecule has 11 rings (SSSR count). The highest BCUT2D eigenvalue weighted by Gasteiger charge is 2.52. The van der Waals surface area contributed by atoms with E-state index in [4.69, 9.17) is 32.4 Å². The molecule has 6 N–H and O–H groups in total. The highest BCUT2D eigenvalue weighted by molar-refractivity contribution is 6.61. The van der Waals surface area contributed by atoms with Gasteiger partial charge in [-0.3, -0.25) is 38.7 Å². The zero-order valence-corrected chi connectivity index (χ0v) is 40.4. The molecular weight excluding hydrogens is 1030 g/mol. The van der Waals surface area contributed by atoms with Crippen LogP contribution in [0, 0.1) is 0 Å². The summed E-state index contributed by atoms with van der Waals surface area (Å²) in [6.07, 6.45) is -0.591. The number of halogens is 7. The van der Waals surface area contributed by atoms with Crippen LogP contribution in [-0.4, -0.2) is 77.3 Å². The minimum atomic E-state index is -4.62. The standard InChI is InChI=1S/C21H12F3N7O2.C17H8ClF3N4O2.C10H16BN3O2/c22-21(23,24)11-2-1-3-12(6-11)31-17-13(18(32)30-20(31)33)9-26-15-5-4-14(29-16(15)17)10-7-27-19(25)28-8-10;18-12-5-4-11-13(23-12)14-10(7-22-11)15(26)24-16(27)25(14)9-3-1-2-8(6-9)17(19,20)21;1-9(2)10(3,4)16-11(15-9)7-5-13-8(12)14-6-7/h1-9H,(H2,25,27,28)(H,30,32,33);1-7H,(H,24,26,27);5-6H,1-4H3,(H2,12,13,14). The Bertz CT molecular complexity index is 4140. The van der Waals surface area contributed by atoms with Crippen molar-refractivity contribution in [3.8, 4) is 22.6 Å². The second-order valence-corrected chi connectivity index (χ2v) is 18.1. The zero-order valence-electron chi connectivity index (χ0n) is 39.7. The summed E-state index contributed by atoms with van der Waals surface area (Å²) in [7, 11) is -0.425. The first-order chi connectivity index (χ1) is 35.8. The Morgan fingerprint density at radius 2 is 1.01 bits per heavy atom. The number of alkyl halides is 6. The lowest BCUT2D eigenvalue weighted by atomic mass is 9.81. The molecule has 1 fully saturated rings. The smallest absolute Gasteiger partial charge is 0.399 e. The number of nitrogens with zero attached hydrogens (tertiary/aromatic N) is 10. The summed E-state index contributed by atoms with van der Waals surface area (Å²) in [6, 6.07) is 14.7. The van der Waals surface area contributed by atoms with E-state index in [1.165, 1.54) is 61.2 Å². The molecule has 9 heterocycles. The van der Waals surface area contributed by atoms with Crippen molar-refractivity contribution in [2.24, 2.45) is 0 Å². The molecule has 76 heavy (non-hydrogen) atoms. The lowest BCUT2D eigenvalue weighted by Crippen LogP contribution is -2.41. The highest BCUT2D eigenvalue weighted by atomic mass is 35.5. The van der Waals surface area contributed by atoms with Crippen molar-refractivity contribution in [1.29, 1.82) is 0 Å². The molecule has 0 unspecified atom stereocenters. The van der Waals surface area contributed by atoms with Crippen molar-refractivity contribution in [1.82, 2.24) is 59.0 Å². The van der Waals surface area contributed by atoms with Gasteiger partial charge in [-0.15, -0.1) is 0 Å². The molecule has 0 atom stereocenters. The Morgan fingerprint density at radius 1 is 0.579 bits per heavy atom. The predicted molar refractivity (Wildman–Crippen MR) is 269 cm³/mol. The van der Waals surface area contributed by atoms with Crippen LogP contribution in [0.1, 0.15) is 38.8 Å². The summed E-state index contributed by atoms with van der Waals surface area (Å²) < 4.78 is 92.8. The topological polar surface area (TPSA) is 283 Å². The number of H-pyrrole nitrogens is 2. The van der Waals surface area contributed by atoms with Gasteiger partial charge < -0.3 is 20.8 Å². The molecule has 386 valence electrons. The maximum atomic E-state index is 13.3. The number of hydrogen-bond acceptors (Lipinski definition) is 16. The van der Waals surface area contributed by atoms with E-state index in [1.54, 1.807) is 24.5 Å². The first-order valence-electron chi connectivity index (χ1n) is 22.2. The van der Waals surface area contributed by atoms with Crippen molar-refractivity contribution in [3.63, 3.8) is 0 Å². The number of aromatic amines is 2. The van der Waals surface area contributed by atoms with E-state index in [0.717, 1.165) is 38.9 Å². The van der Waals surface area contributed by atoms with E-state index in [-0.39, 0.29) is 72.5 Å². The maximum absolute atomic E-state index is 13.3. The maximum Gasteiger partial charge on any atom is 0.498 e. The lowest BCUT2D eigenvalue weighted by Gasteiger charge is -2.32. The predicted octanol–water partition coefficient (Wildman–Crippen LogP) is 6.33. The number of hydrogen-bond donors (Lipinski definition) is 4. The second-order valence-electron chi connectivity index (χ2n) is 17.7. The molecule has 10 aromatic rings. The van der Waals surface area contributed by atoms with Crippen molar-refractivity contribution in [2.75, 3.05) is 11.5 Å². The first kappa shape index (κ1) is 51.9. The van der Waals surface area contributed by atoms with E-state index in [9.17, 15) is 45.5 Å². The number of anilines is 2. The van der Waals surface area contributed by atoms with E-state index in [2.05, 4.69) is 49.8 Å². The molecule has 0 radical (unpaired) electrons. The van der Waals surface area contributed by atoms with Gasteiger partial charge in [-0.25, -0.2) is 39.5 Å². The Labute approximate surface area is 426 Å². The Hall–Kier alpha value is -8.95. The number of rotatable bonds is 4. The monoisotopic (exact) mass is 1060 g/mol. The van der Waals surface area contributed by atoms with E-state index >= 15 is 0 Å². The van der Waals surface area contributed by atoms with Gasteiger partial charge in [-0.05, 0) is 88.4 Å². The molecule has 20 nitrogen and oxygen atoms in total. The van der Waals surface area contributed by atoms with Crippen LogP contribution >= 0.6 is 11.6 Å². The van der Waals surface area contributed by atoms with E-state index in [1.807, 2.05) is 27.7 Å². The van der Waals surface area contributed by atoms with Gasteiger partial charge in [-0.2, -0.15) is 26.3 Å². The normalized spacial score (nSPS) is 14.1. The summed E-state index contributed by atoms with van der Waals surface area (Å²) in [4.78, 5) is 86.8. The molecule has 1 aliphatic rings. The molecule has 0 bridgehead atoms. The summed E-state index contributed by atoms with van der Waals surface area (Å²) in [5.41, 5.74) is 7.56. The van der Waals surface area contributed by atoms with Gasteiger partial charge in [0.2, 0.25) is 11.9 Å². The molecule has 8 aromatic heterocycles. The van der Waals surface area contributed by atoms with E-state index < -0.39 is 53.1 Å². The van der Waals surface area contributed by atoms with Gasteiger partial charge in [-0.1, -0.05) is 23.7 Å². The van der Waals surface area contributed by atoms with E-state index in [0.29, 0.717) is 22.3 Å². The van der Waals surface area contributed by atoms with Crippen LogP contribution in [0.25, 0.3) is 66.5 Å². The molecule has 1 saturated heterocycles. The first-order valence-corrected chi connectivity index (χ1v) is 22.6. The molecule has 1 aliphatic heterocycles. The van der Waals surface area contributed by atoms with Gasteiger partial charge in [0.15, 0.2) is 0 Å². The molecule has 0 aliphatic carbocycles. The number of pyridine rings is 4. The average Bonchev–Trinajstić information content (AvgIpc) is 3.62. The van der Waals surface area contributed by atoms with Crippen LogP contribution in [-0.2, 0) is 21.7 Å². The van der Waals surface area contributed by atoms with Gasteiger partial charge in [0.05, 0.1) is 72.2 Å². The van der Waals surface area contributed by atoms with Gasteiger partial charge in [0.25, 0.3) is 11.1 Å². The second kappa shape index (κ2) is 19.4. The van der Waals surface area contributed by atoms with Crippen molar-refractivity contribution < 1.29 is 35.7 Å². The minimum absolute atomic E-state index is 0.00530. The minimum Gasteiger partial charge on any atom is -0.399 e. The fraction of sp³-hybridized carbons (Fsp3) is 0.167. The Morgan fingerprint density at radius 3 is 1.47 bits per heavy atom. The third-order valence-corrected chi connectivity index (χ3v) is 12.4. The fourth-order valence-corrected chi connectivity index (χ4v) is 7.87. The average molecular weight is 1070 g/mol. The van der Waals surface area contributed by atoms with Crippen LogP contribution in [0.15, 0.2) is 129 Å². The lowest BCUT2D eigenvalue weighted by molar-refractivity contribution is -0.138. The SMILES string of the molecule is CC1(C)OB(c2cnc(N)nc2)OC1(C)C.Nc1ncc(-c2ccc3ncc4c(=O)[nH]c(=O)n(-c5cccc(C(F)(F)F)c5)c4c3n2)cn1.O=c1[nH]c(=O)n(-c2cccc(C(F)(F)F)c2)c2c1cnc1ccc(Cl)nc12. The Kier molecular flexibility index (Phi) is 13.3. The number of benzene rings is 2. The summed E-state index contributed by atoms with van der Waals surface area (Å²) >= 11 is 5.92. The summed E-state index contributed by atoms with van der Waals surface area (Å²) in [5, 5.41) is 0.0621. The molecular formula is C48H36BClF6N14O6. The molecule has 0 spiro atoms. The molecule has 2 aromatic carbocycles. The zero-order chi connectivity index (χ0) is 54.6. The Balaban J connectivity index is 0.000000148. The van der Waals surface area contributed by atoms with Crippen molar-refractivity contribution in [2.45, 2.75) is 51.2 Å². The third kappa shape index (κ3) is 10.2. The number of fused-ring (bicyclic) bond motifs is 6. The molecule has 0 saturated carbocycles. The van der Waals surface area contributed by atoms with Gasteiger partial charge >= 0.3 is 30.9 Å². The summed E-state index contributed by atoms with van der Waals surface area (Å²) in [5.74, 6) is 0.317. The van der Waals surface area contributed by atoms with Crippen molar-refractivity contribution in [3.05, 3.63) is 168 Å². The number of nitrogens with two attached hydrogens (primary N) is 2. The summed E-state index contributed by atoms with van der Waals surface area (Å²) in [6.45, 7) is 8.02. The van der Waals surface area contributed by atoms with Crippen LogP contribution < -0.4 is 39.4 Å². The fourth-order valence-electron chi connectivity index (χ4n) is 7.73. The van der Waals surface area contributed by atoms with Crippen LogP contribution in [0.5, 0.6) is 0 Å². The highest BCUT2D eigenvalue weighted by Crippen LogP contribution is 2.37. The number of aromatic nitrogens is 12. The number of nitrogen functional groups attached to an aromatic ring is 2. The molecule has 0 amide bonds. The largest absolute Gasteiger partial charge is 0.498 e. The third-order valence-electron chi connectivity index (χ3n) is 12.2. The van der Waals surface area contributed by atoms with Crippen LogP contribution in [0.4, 0.5) is 38.2 Å².